The molecule has 0 bridgehead atoms. The molecule has 1 aromatic heterocycles. The summed E-state index contributed by atoms with van der Waals surface area (Å²) < 4.78 is 5.04. The van der Waals surface area contributed by atoms with Gasteiger partial charge in [0.15, 0.2) is 0 Å². The number of esters is 1. The maximum absolute atomic E-state index is 12.2. The number of nitrogens with one attached hydrogen (secondary N) is 1. The third-order valence-corrected chi connectivity index (χ3v) is 4.73. The van der Waals surface area contributed by atoms with Crippen LogP contribution in [0.25, 0.3) is 6.08 Å². The Morgan fingerprint density at radius 3 is 2.73 bits per heavy atom. The van der Waals surface area contributed by atoms with Gasteiger partial charge in [0.05, 0.1) is 17.1 Å². The second-order valence-electron chi connectivity index (χ2n) is 5.38. The number of non-ortho nitro benzene ring substituents is 1. The lowest BCUT2D eigenvalue weighted by Gasteiger charge is -2.05. The first-order valence-corrected chi connectivity index (χ1v) is 8.65. The summed E-state index contributed by atoms with van der Waals surface area (Å²) >= 11 is 1.30. The van der Waals surface area contributed by atoms with Crippen molar-refractivity contribution in [1.29, 1.82) is 0 Å². The molecule has 2 rings (SSSR count). The number of hydrogen-bond acceptors (Lipinski definition) is 6. The normalized spacial score (nSPS) is 10.7. The van der Waals surface area contributed by atoms with Gasteiger partial charge in [-0.2, -0.15) is 0 Å². The summed E-state index contributed by atoms with van der Waals surface area (Å²) in [5.74, 6) is -0.921. The second-order valence-corrected chi connectivity index (χ2v) is 6.61. The van der Waals surface area contributed by atoms with Crippen LogP contribution in [0.3, 0.4) is 0 Å². The summed E-state index contributed by atoms with van der Waals surface area (Å²) in [7, 11) is 0. The number of aryl methyl sites for hydroxylation is 1. The van der Waals surface area contributed by atoms with E-state index in [9.17, 15) is 19.7 Å². The van der Waals surface area contributed by atoms with Crippen LogP contribution < -0.4 is 5.32 Å². The smallest absolute Gasteiger partial charge is 0.341 e. The summed E-state index contributed by atoms with van der Waals surface area (Å²) in [5.41, 5.74) is 1.60. The number of carbonyl (C=O) groups excluding carboxylic acids is 2. The molecule has 0 unspecified atom stereocenters. The van der Waals surface area contributed by atoms with E-state index in [1.165, 1.54) is 35.6 Å². The van der Waals surface area contributed by atoms with Crippen molar-refractivity contribution in [2.45, 2.75) is 20.8 Å². The number of nitro benzene ring substituents is 1. The molecular formula is C18H18N2O5S. The van der Waals surface area contributed by atoms with Gasteiger partial charge in [0.2, 0.25) is 5.91 Å². The maximum Gasteiger partial charge on any atom is 0.341 e. The summed E-state index contributed by atoms with van der Waals surface area (Å²) in [6.07, 6.45) is 2.73. The summed E-state index contributed by atoms with van der Waals surface area (Å²) in [5, 5.41) is 13.9. The fourth-order valence-electron chi connectivity index (χ4n) is 2.23. The molecule has 0 aliphatic carbocycles. The molecule has 2 aromatic rings. The molecule has 0 saturated carbocycles. The summed E-state index contributed by atoms with van der Waals surface area (Å²) in [6.45, 7) is 5.61. The zero-order chi connectivity index (χ0) is 19.3. The average Bonchev–Trinajstić information content (AvgIpc) is 2.87. The largest absolute Gasteiger partial charge is 0.462 e. The highest BCUT2D eigenvalue weighted by atomic mass is 32.1. The molecule has 26 heavy (non-hydrogen) atoms. The second kappa shape index (κ2) is 8.39. The van der Waals surface area contributed by atoms with Crippen molar-refractivity contribution in [1.82, 2.24) is 0 Å². The number of nitro groups is 1. The van der Waals surface area contributed by atoms with Gasteiger partial charge in [0.1, 0.15) is 5.00 Å². The van der Waals surface area contributed by atoms with Crippen LogP contribution in [0.4, 0.5) is 10.7 Å². The van der Waals surface area contributed by atoms with Gasteiger partial charge in [0.25, 0.3) is 5.69 Å². The molecule has 0 aliphatic heterocycles. The first-order chi connectivity index (χ1) is 12.3. The van der Waals surface area contributed by atoms with E-state index in [0.29, 0.717) is 16.1 Å². The van der Waals surface area contributed by atoms with E-state index in [4.69, 9.17) is 4.74 Å². The van der Waals surface area contributed by atoms with E-state index in [1.807, 2.05) is 6.92 Å². The molecule has 1 N–H and O–H groups in total. The van der Waals surface area contributed by atoms with E-state index >= 15 is 0 Å². The Morgan fingerprint density at radius 1 is 1.35 bits per heavy atom. The van der Waals surface area contributed by atoms with Crippen LogP contribution in [0.5, 0.6) is 0 Å². The fraction of sp³-hybridized carbons (Fsp3) is 0.222. The summed E-state index contributed by atoms with van der Waals surface area (Å²) in [4.78, 5) is 35.5. The molecule has 0 atom stereocenters. The van der Waals surface area contributed by atoms with Crippen LogP contribution in [0, 0.1) is 24.0 Å². The fourth-order valence-corrected chi connectivity index (χ4v) is 3.28. The lowest BCUT2D eigenvalue weighted by molar-refractivity contribution is -0.384. The van der Waals surface area contributed by atoms with Gasteiger partial charge >= 0.3 is 5.97 Å². The molecule has 136 valence electrons. The highest BCUT2D eigenvalue weighted by molar-refractivity contribution is 7.16. The molecule has 7 nitrogen and oxygen atoms in total. The van der Waals surface area contributed by atoms with Crippen LogP contribution in [0.1, 0.15) is 33.3 Å². The van der Waals surface area contributed by atoms with Crippen LogP contribution in [-0.4, -0.2) is 23.4 Å². The lowest BCUT2D eigenvalue weighted by Crippen LogP contribution is -2.12. The number of benzene rings is 1. The molecule has 1 aromatic carbocycles. The van der Waals surface area contributed by atoms with Gasteiger partial charge in [-0.3, -0.25) is 14.9 Å². The van der Waals surface area contributed by atoms with Crippen molar-refractivity contribution in [2.24, 2.45) is 0 Å². The number of hydrogen-bond donors (Lipinski definition) is 1. The van der Waals surface area contributed by atoms with Crippen molar-refractivity contribution in [3.8, 4) is 0 Å². The number of rotatable bonds is 6. The molecule has 0 aliphatic rings. The number of carbonyl (C=O) groups is 2. The average molecular weight is 374 g/mol. The van der Waals surface area contributed by atoms with Crippen LogP contribution in [0.15, 0.2) is 30.3 Å². The van der Waals surface area contributed by atoms with Crippen molar-refractivity contribution in [2.75, 3.05) is 11.9 Å². The van der Waals surface area contributed by atoms with E-state index in [-0.39, 0.29) is 12.3 Å². The van der Waals surface area contributed by atoms with Crippen molar-refractivity contribution in [3.05, 3.63) is 62.0 Å². The van der Waals surface area contributed by atoms with E-state index in [0.717, 1.165) is 10.4 Å². The van der Waals surface area contributed by atoms with Gasteiger partial charge in [-0.1, -0.05) is 12.1 Å². The Hall–Kier alpha value is -3.00. The molecule has 0 radical (unpaired) electrons. The van der Waals surface area contributed by atoms with Gasteiger partial charge in [0, 0.05) is 23.1 Å². The van der Waals surface area contributed by atoms with Gasteiger partial charge < -0.3 is 10.1 Å². The highest BCUT2D eigenvalue weighted by Gasteiger charge is 2.21. The van der Waals surface area contributed by atoms with E-state index in [2.05, 4.69) is 5.32 Å². The zero-order valence-corrected chi connectivity index (χ0v) is 15.4. The zero-order valence-electron chi connectivity index (χ0n) is 14.6. The first kappa shape index (κ1) is 19.3. The molecular weight excluding hydrogens is 356 g/mol. The highest BCUT2D eigenvalue weighted by Crippen LogP contribution is 2.33. The van der Waals surface area contributed by atoms with Gasteiger partial charge in [-0.25, -0.2) is 4.79 Å². The van der Waals surface area contributed by atoms with Crippen LogP contribution in [0.2, 0.25) is 0 Å². The monoisotopic (exact) mass is 374 g/mol. The molecule has 1 heterocycles. The number of thiophene rings is 1. The Kier molecular flexibility index (Phi) is 6.24. The van der Waals surface area contributed by atoms with Gasteiger partial charge in [-0.05, 0) is 38.0 Å². The third kappa shape index (κ3) is 4.54. The first-order valence-electron chi connectivity index (χ1n) is 7.84. The number of ether oxygens (including phenoxy) is 1. The standard InChI is InChI=1S/C18H18N2O5S/c1-4-25-18(22)16-11(2)12(3)26-17(16)19-15(21)9-8-13-6-5-7-14(10-13)20(23)24/h5-10H,4H2,1-3H3,(H,19,21). The number of amides is 1. The van der Waals surface area contributed by atoms with Crippen molar-refractivity contribution >= 4 is 40.0 Å². The van der Waals surface area contributed by atoms with Crippen LogP contribution >= 0.6 is 11.3 Å². The molecule has 8 heteroatoms. The Balaban J connectivity index is 2.18. The predicted octanol–water partition coefficient (Wildman–Crippen LogP) is 4.10. The Bertz CT molecular complexity index is 886. The maximum atomic E-state index is 12.2. The minimum Gasteiger partial charge on any atom is -0.462 e. The van der Waals surface area contributed by atoms with Crippen molar-refractivity contribution in [3.63, 3.8) is 0 Å². The molecule has 0 fully saturated rings. The topological polar surface area (TPSA) is 98.5 Å². The molecule has 0 spiro atoms. The molecule has 0 saturated heterocycles. The van der Waals surface area contributed by atoms with E-state index < -0.39 is 16.8 Å². The molecule has 1 amide bonds. The Morgan fingerprint density at radius 2 is 2.08 bits per heavy atom. The lowest BCUT2D eigenvalue weighted by atomic mass is 10.1. The SMILES string of the molecule is CCOC(=O)c1c(NC(=O)C=Cc2cccc([N+](=O)[O-])c2)sc(C)c1C. The van der Waals surface area contributed by atoms with E-state index in [1.54, 1.807) is 26.0 Å². The Labute approximate surface area is 154 Å². The number of anilines is 1. The van der Waals surface area contributed by atoms with Gasteiger partial charge in [-0.15, -0.1) is 11.3 Å². The third-order valence-electron chi connectivity index (χ3n) is 3.61. The quantitative estimate of drug-likeness (QED) is 0.355. The minimum absolute atomic E-state index is 0.0540. The van der Waals surface area contributed by atoms with Crippen LogP contribution in [-0.2, 0) is 9.53 Å². The van der Waals surface area contributed by atoms with Crippen molar-refractivity contribution < 1.29 is 19.2 Å². The predicted molar refractivity (Wildman–Crippen MR) is 101 cm³/mol. The summed E-state index contributed by atoms with van der Waals surface area (Å²) in [6, 6.07) is 5.94. The minimum atomic E-state index is -0.500. The number of nitrogens with zero attached hydrogens (tertiary/aromatic N) is 1.